The van der Waals surface area contributed by atoms with Crippen molar-refractivity contribution in [3.8, 4) is 0 Å². The Balaban J connectivity index is 2.27. The number of hydrogen-bond donors (Lipinski definition) is 0. The van der Waals surface area contributed by atoms with Crippen molar-refractivity contribution < 1.29 is 9.18 Å². The number of halogens is 1. The maximum Gasteiger partial charge on any atom is 0.152 e. The lowest BCUT2D eigenvalue weighted by atomic mass is 10.1. The fraction of sp³-hybridized carbons (Fsp3) is 0.188. The smallest absolute Gasteiger partial charge is 0.152 e. The van der Waals surface area contributed by atoms with Crippen LogP contribution in [0.1, 0.15) is 21.5 Å². The molecule has 3 heteroatoms. The van der Waals surface area contributed by atoms with E-state index in [9.17, 15) is 9.18 Å². The van der Waals surface area contributed by atoms with E-state index < -0.39 is 0 Å². The molecule has 0 saturated heterocycles. The van der Waals surface area contributed by atoms with Crippen molar-refractivity contribution in [2.45, 2.75) is 13.5 Å². The molecule has 0 aliphatic carbocycles. The van der Waals surface area contributed by atoms with Gasteiger partial charge in [0.05, 0.1) is 5.69 Å². The van der Waals surface area contributed by atoms with Crippen molar-refractivity contribution in [3.05, 3.63) is 65.0 Å². The topological polar surface area (TPSA) is 20.3 Å². The van der Waals surface area contributed by atoms with Crippen LogP contribution in [0.2, 0.25) is 0 Å². The van der Waals surface area contributed by atoms with Crippen molar-refractivity contribution in [2.24, 2.45) is 0 Å². The molecule has 0 fully saturated rings. The molecule has 0 aliphatic heterocycles. The molecule has 0 unspecified atom stereocenters. The van der Waals surface area contributed by atoms with Gasteiger partial charge in [-0.1, -0.05) is 35.9 Å². The van der Waals surface area contributed by atoms with Crippen molar-refractivity contribution >= 4 is 12.0 Å². The van der Waals surface area contributed by atoms with Gasteiger partial charge in [0.25, 0.3) is 0 Å². The van der Waals surface area contributed by atoms with E-state index in [4.69, 9.17) is 0 Å². The SMILES string of the molecule is Cc1ccc(CN(C)c2c(F)cccc2C=O)cc1. The number of para-hydroxylation sites is 1. The molecule has 0 bridgehead atoms. The highest BCUT2D eigenvalue weighted by Crippen LogP contribution is 2.23. The standard InChI is InChI=1S/C16H16FNO/c1-12-6-8-13(9-7-12)10-18(2)16-14(11-19)4-3-5-15(16)17/h3-9,11H,10H2,1-2H3. The number of carbonyl (C=O) groups is 1. The zero-order valence-corrected chi connectivity index (χ0v) is 11.1. The molecule has 98 valence electrons. The maximum atomic E-state index is 13.9. The average molecular weight is 257 g/mol. The first-order valence-corrected chi connectivity index (χ1v) is 6.12. The van der Waals surface area contributed by atoms with Gasteiger partial charge in [0.2, 0.25) is 0 Å². The molecule has 19 heavy (non-hydrogen) atoms. The van der Waals surface area contributed by atoms with Gasteiger partial charge in [0, 0.05) is 19.2 Å². The number of aryl methyl sites for hydroxylation is 1. The van der Waals surface area contributed by atoms with Crippen molar-refractivity contribution in [3.63, 3.8) is 0 Å². The van der Waals surface area contributed by atoms with Gasteiger partial charge >= 0.3 is 0 Å². The van der Waals surface area contributed by atoms with Crippen LogP contribution in [0.15, 0.2) is 42.5 Å². The van der Waals surface area contributed by atoms with Gasteiger partial charge in [-0.15, -0.1) is 0 Å². The highest BCUT2D eigenvalue weighted by molar-refractivity contribution is 5.84. The second-order valence-corrected chi connectivity index (χ2v) is 4.64. The summed E-state index contributed by atoms with van der Waals surface area (Å²) in [5.41, 5.74) is 2.98. The van der Waals surface area contributed by atoms with Gasteiger partial charge in [-0.3, -0.25) is 4.79 Å². The normalized spacial score (nSPS) is 10.3. The summed E-state index contributed by atoms with van der Waals surface area (Å²) in [6, 6.07) is 12.6. The second-order valence-electron chi connectivity index (χ2n) is 4.64. The van der Waals surface area contributed by atoms with E-state index in [0.717, 1.165) is 5.56 Å². The summed E-state index contributed by atoms with van der Waals surface area (Å²) < 4.78 is 13.9. The molecule has 0 saturated carbocycles. The van der Waals surface area contributed by atoms with Gasteiger partial charge in [-0.25, -0.2) is 4.39 Å². The van der Waals surface area contributed by atoms with Crippen LogP contribution < -0.4 is 4.90 Å². The monoisotopic (exact) mass is 257 g/mol. The minimum atomic E-state index is -0.376. The summed E-state index contributed by atoms with van der Waals surface area (Å²) >= 11 is 0. The van der Waals surface area contributed by atoms with Crippen LogP contribution in [0, 0.1) is 12.7 Å². The highest BCUT2D eigenvalue weighted by atomic mass is 19.1. The Labute approximate surface area is 112 Å². The van der Waals surface area contributed by atoms with E-state index >= 15 is 0 Å². The molecule has 2 aromatic carbocycles. The van der Waals surface area contributed by atoms with Crippen LogP contribution >= 0.6 is 0 Å². The van der Waals surface area contributed by atoms with Crippen LogP contribution in [0.5, 0.6) is 0 Å². The number of rotatable bonds is 4. The van der Waals surface area contributed by atoms with E-state index in [1.54, 1.807) is 24.1 Å². The van der Waals surface area contributed by atoms with Crippen LogP contribution in [-0.4, -0.2) is 13.3 Å². The number of nitrogens with zero attached hydrogens (tertiary/aromatic N) is 1. The fourth-order valence-corrected chi connectivity index (χ4v) is 2.08. The highest BCUT2D eigenvalue weighted by Gasteiger charge is 2.12. The first-order chi connectivity index (χ1) is 9.11. The molecule has 0 atom stereocenters. The van der Waals surface area contributed by atoms with Gasteiger partial charge < -0.3 is 4.90 Å². The van der Waals surface area contributed by atoms with E-state index in [2.05, 4.69) is 0 Å². The molecule has 0 amide bonds. The minimum Gasteiger partial charge on any atom is -0.367 e. The van der Waals surface area contributed by atoms with Crippen LogP contribution in [0.25, 0.3) is 0 Å². The van der Waals surface area contributed by atoms with Gasteiger partial charge in [0.15, 0.2) is 6.29 Å². The van der Waals surface area contributed by atoms with E-state index in [1.165, 1.54) is 11.6 Å². The molecule has 0 heterocycles. The molecular weight excluding hydrogens is 241 g/mol. The number of benzene rings is 2. The Hall–Kier alpha value is -2.16. The third kappa shape index (κ3) is 2.99. The molecular formula is C16H16FNO. The van der Waals surface area contributed by atoms with E-state index in [-0.39, 0.29) is 5.82 Å². The summed E-state index contributed by atoms with van der Waals surface area (Å²) in [5, 5.41) is 0. The number of carbonyl (C=O) groups excluding carboxylic acids is 1. The minimum absolute atomic E-state index is 0.345. The Morgan fingerprint density at radius 2 is 1.84 bits per heavy atom. The van der Waals surface area contributed by atoms with E-state index in [0.29, 0.717) is 24.1 Å². The molecule has 2 nitrogen and oxygen atoms in total. The molecule has 2 rings (SSSR count). The predicted octanol–water partition coefficient (Wildman–Crippen LogP) is 3.58. The first-order valence-electron chi connectivity index (χ1n) is 6.12. The molecule has 0 aliphatic rings. The van der Waals surface area contributed by atoms with Crippen molar-refractivity contribution in [1.29, 1.82) is 0 Å². The Morgan fingerprint density at radius 3 is 2.47 bits per heavy atom. The molecule has 0 spiro atoms. The summed E-state index contributed by atoms with van der Waals surface area (Å²) in [4.78, 5) is 12.7. The summed E-state index contributed by atoms with van der Waals surface area (Å²) in [6.07, 6.45) is 0.685. The second kappa shape index (κ2) is 5.65. The zero-order chi connectivity index (χ0) is 13.8. The predicted molar refractivity (Wildman–Crippen MR) is 75.1 cm³/mol. The number of anilines is 1. The van der Waals surface area contributed by atoms with Crippen LogP contribution in [0.3, 0.4) is 0 Å². The lowest BCUT2D eigenvalue weighted by Gasteiger charge is -2.21. The Kier molecular flexibility index (Phi) is 3.95. The quantitative estimate of drug-likeness (QED) is 0.780. The summed E-state index contributed by atoms with van der Waals surface area (Å²) in [7, 11) is 1.78. The maximum absolute atomic E-state index is 13.9. The third-order valence-corrected chi connectivity index (χ3v) is 3.07. The lowest BCUT2D eigenvalue weighted by molar-refractivity contribution is 0.112. The lowest BCUT2D eigenvalue weighted by Crippen LogP contribution is -2.19. The van der Waals surface area contributed by atoms with Gasteiger partial charge in [0.1, 0.15) is 5.82 Å². The average Bonchev–Trinajstić information content (AvgIpc) is 2.40. The summed E-state index contributed by atoms with van der Waals surface area (Å²) in [6.45, 7) is 2.58. The van der Waals surface area contributed by atoms with Crippen LogP contribution in [-0.2, 0) is 6.54 Å². The first kappa shape index (κ1) is 13.3. The molecule has 0 aromatic heterocycles. The van der Waals surface area contributed by atoms with Crippen LogP contribution in [0.4, 0.5) is 10.1 Å². The molecule has 2 aromatic rings. The fourth-order valence-electron chi connectivity index (χ4n) is 2.08. The molecule has 0 radical (unpaired) electrons. The Bertz CT molecular complexity index is 578. The Morgan fingerprint density at radius 1 is 1.16 bits per heavy atom. The zero-order valence-electron chi connectivity index (χ0n) is 11.1. The van der Waals surface area contributed by atoms with Gasteiger partial charge in [-0.05, 0) is 24.6 Å². The summed E-state index contributed by atoms with van der Waals surface area (Å²) in [5.74, 6) is -0.376. The van der Waals surface area contributed by atoms with Gasteiger partial charge in [-0.2, -0.15) is 0 Å². The largest absolute Gasteiger partial charge is 0.367 e. The van der Waals surface area contributed by atoms with Crippen molar-refractivity contribution in [1.82, 2.24) is 0 Å². The molecule has 0 N–H and O–H groups in total. The number of hydrogen-bond acceptors (Lipinski definition) is 2. The van der Waals surface area contributed by atoms with E-state index in [1.807, 2.05) is 31.2 Å². The third-order valence-electron chi connectivity index (χ3n) is 3.07. The van der Waals surface area contributed by atoms with Crippen molar-refractivity contribution in [2.75, 3.05) is 11.9 Å². The number of aldehydes is 1.